The fourth-order valence-electron chi connectivity index (χ4n) is 9.21. The highest BCUT2D eigenvalue weighted by Gasteiger charge is 2.48. The predicted octanol–water partition coefficient (Wildman–Crippen LogP) is 6.33. The third-order valence-electron chi connectivity index (χ3n) is 11.5. The summed E-state index contributed by atoms with van der Waals surface area (Å²) in [6.45, 7) is 9.14. The Morgan fingerprint density at radius 1 is 0.918 bits per heavy atom. The molecule has 1 saturated heterocycles. The second-order valence-electron chi connectivity index (χ2n) is 14.8. The molecular formula is C40H49ClN6O2. The number of hydrogen-bond donors (Lipinski definition) is 2. The van der Waals surface area contributed by atoms with Crippen molar-refractivity contribution in [1.82, 2.24) is 20.2 Å². The standard InChI is InChI=1S/C40H49ClN6O2/c1-2-39(48)44-33-5-3-4-27(23-33)8-11-37-36(41)26-43-38(45-37)24-28-6-9-34(10-7-28)47-16-14-46(15-17-47)13-12-42-40(49)25-35-31-19-29-18-30(21-31)22-32(35)20-29/h2-7,9-10,23,26,29-32,35H,1,8,11-22,24-25H2,(H,42,49)(H,44,48). The molecule has 2 aromatic carbocycles. The number of nitrogens with one attached hydrogen (secondary N) is 2. The number of carbonyl (C=O) groups excluding carboxylic acids is 2. The van der Waals surface area contributed by atoms with Gasteiger partial charge in [-0.05, 0) is 116 Å². The second-order valence-corrected chi connectivity index (χ2v) is 15.2. The summed E-state index contributed by atoms with van der Waals surface area (Å²) in [4.78, 5) is 38.7. The van der Waals surface area contributed by atoms with Crippen molar-refractivity contribution in [3.8, 4) is 0 Å². The van der Waals surface area contributed by atoms with Gasteiger partial charge in [0.15, 0.2) is 0 Å². The topological polar surface area (TPSA) is 90.5 Å². The summed E-state index contributed by atoms with van der Waals surface area (Å²) in [5.41, 5.74) is 5.04. The van der Waals surface area contributed by atoms with E-state index >= 15 is 0 Å². The van der Waals surface area contributed by atoms with Crippen molar-refractivity contribution in [3.05, 3.63) is 95.1 Å². The van der Waals surface area contributed by atoms with E-state index in [2.05, 4.69) is 56.3 Å². The lowest BCUT2D eigenvalue weighted by Gasteiger charge is -2.54. The van der Waals surface area contributed by atoms with Crippen LogP contribution in [0.5, 0.6) is 0 Å². The highest BCUT2D eigenvalue weighted by Crippen LogP contribution is 2.57. The highest BCUT2D eigenvalue weighted by molar-refractivity contribution is 6.31. The summed E-state index contributed by atoms with van der Waals surface area (Å²) < 4.78 is 0. The summed E-state index contributed by atoms with van der Waals surface area (Å²) in [6.07, 6.45) is 12.8. The molecular weight excluding hydrogens is 632 g/mol. The predicted molar refractivity (Wildman–Crippen MR) is 196 cm³/mol. The van der Waals surface area contributed by atoms with Crippen LogP contribution in [-0.4, -0.2) is 66.0 Å². The number of anilines is 2. The molecule has 0 unspecified atom stereocenters. The van der Waals surface area contributed by atoms with Crippen molar-refractivity contribution >= 4 is 34.8 Å². The highest BCUT2D eigenvalue weighted by atomic mass is 35.5. The molecule has 4 aliphatic carbocycles. The van der Waals surface area contributed by atoms with Crippen LogP contribution in [0.4, 0.5) is 11.4 Å². The zero-order chi connectivity index (χ0) is 33.7. The van der Waals surface area contributed by atoms with Gasteiger partial charge in [0.2, 0.25) is 11.8 Å². The molecule has 4 saturated carbocycles. The van der Waals surface area contributed by atoms with E-state index in [1.54, 1.807) is 6.20 Å². The van der Waals surface area contributed by atoms with E-state index in [4.69, 9.17) is 16.6 Å². The van der Waals surface area contributed by atoms with Gasteiger partial charge in [-0.15, -0.1) is 0 Å². The van der Waals surface area contributed by atoms with Crippen molar-refractivity contribution in [3.63, 3.8) is 0 Å². The van der Waals surface area contributed by atoms with Gasteiger partial charge in [-0.3, -0.25) is 14.5 Å². The molecule has 3 aromatic rings. The van der Waals surface area contributed by atoms with E-state index in [-0.39, 0.29) is 11.8 Å². The van der Waals surface area contributed by atoms with Crippen LogP contribution in [0, 0.1) is 29.6 Å². The minimum Gasteiger partial charge on any atom is -0.369 e. The Labute approximate surface area is 295 Å². The molecule has 49 heavy (non-hydrogen) atoms. The molecule has 2 heterocycles. The van der Waals surface area contributed by atoms with Gasteiger partial charge in [0.05, 0.1) is 10.7 Å². The first-order valence-corrected chi connectivity index (χ1v) is 18.6. The fourth-order valence-corrected chi connectivity index (χ4v) is 9.40. The van der Waals surface area contributed by atoms with Crippen LogP contribution >= 0.6 is 11.6 Å². The number of rotatable bonds is 13. The number of piperazine rings is 1. The van der Waals surface area contributed by atoms with Gasteiger partial charge < -0.3 is 15.5 Å². The van der Waals surface area contributed by atoms with Crippen molar-refractivity contribution in [2.75, 3.05) is 49.5 Å². The lowest BCUT2D eigenvalue weighted by molar-refractivity contribution is -0.126. The molecule has 0 spiro atoms. The van der Waals surface area contributed by atoms with Crippen LogP contribution in [0.3, 0.4) is 0 Å². The largest absolute Gasteiger partial charge is 0.369 e. The molecule has 1 aliphatic heterocycles. The van der Waals surface area contributed by atoms with E-state index in [1.807, 2.05) is 24.3 Å². The molecule has 9 heteroatoms. The zero-order valence-electron chi connectivity index (χ0n) is 28.5. The summed E-state index contributed by atoms with van der Waals surface area (Å²) in [5.74, 6) is 4.98. The number of carbonyl (C=O) groups is 2. The van der Waals surface area contributed by atoms with Crippen molar-refractivity contribution in [1.29, 1.82) is 0 Å². The number of hydrogen-bond acceptors (Lipinski definition) is 6. The van der Waals surface area contributed by atoms with Gasteiger partial charge >= 0.3 is 0 Å². The number of benzene rings is 2. The Hall–Kier alpha value is -3.75. The van der Waals surface area contributed by atoms with E-state index in [0.29, 0.717) is 23.8 Å². The summed E-state index contributed by atoms with van der Waals surface area (Å²) in [7, 11) is 0. The Morgan fingerprint density at radius 2 is 1.65 bits per heavy atom. The Morgan fingerprint density at radius 3 is 2.37 bits per heavy atom. The molecule has 4 bridgehead atoms. The van der Waals surface area contributed by atoms with Gasteiger partial charge in [-0.25, -0.2) is 9.97 Å². The molecule has 2 amide bonds. The van der Waals surface area contributed by atoms with E-state index in [0.717, 1.165) is 104 Å². The van der Waals surface area contributed by atoms with Gasteiger partial charge in [-0.1, -0.05) is 42.4 Å². The van der Waals surface area contributed by atoms with Gasteiger partial charge in [0.25, 0.3) is 0 Å². The number of halogens is 1. The first kappa shape index (κ1) is 33.7. The molecule has 0 radical (unpaired) electrons. The van der Waals surface area contributed by atoms with Crippen molar-refractivity contribution in [2.45, 2.75) is 57.8 Å². The summed E-state index contributed by atoms with van der Waals surface area (Å²) in [6, 6.07) is 16.5. The first-order chi connectivity index (χ1) is 23.9. The number of aromatic nitrogens is 2. The summed E-state index contributed by atoms with van der Waals surface area (Å²) >= 11 is 6.48. The average molecular weight is 681 g/mol. The maximum atomic E-state index is 12.9. The van der Waals surface area contributed by atoms with E-state index in [1.165, 1.54) is 43.9 Å². The van der Waals surface area contributed by atoms with Gasteiger partial charge in [0.1, 0.15) is 5.82 Å². The maximum absolute atomic E-state index is 12.9. The third kappa shape index (κ3) is 8.53. The van der Waals surface area contributed by atoms with Gasteiger partial charge in [-0.2, -0.15) is 0 Å². The van der Waals surface area contributed by atoms with Crippen LogP contribution in [0.15, 0.2) is 67.4 Å². The normalized spacial score (nSPS) is 24.5. The molecule has 1 aromatic heterocycles. The first-order valence-electron chi connectivity index (χ1n) is 18.2. The maximum Gasteiger partial charge on any atom is 0.247 e. The van der Waals surface area contributed by atoms with Crippen molar-refractivity contribution in [2.24, 2.45) is 29.6 Å². The Kier molecular flexibility index (Phi) is 10.6. The van der Waals surface area contributed by atoms with E-state index in [9.17, 15) is 9.59 Å². The zero-order valence-corrected chi connectivity index (χ0v) is 29.2. The monoisotopic (exact) mass is 680 g/mol. The quantitative estimate of drug-likeness (QED) is 0.205. The smallest absolute Gasteiger partial charge is 0.247 e. The number of aryl methyl sites for hydroxylation is 2. The number of nitrogens with zero attached hydrogens (tertiary/aromatic N) is 4. The van der Waals surface area contributed by atoms with Crippen LogP contribution in [-0.2, 0) is 28.9 Å². The summed E-state index contributed by atoms with van der Waals surface area (Å²) in [5, 5.41) is 6.63. The van der Waals surface area contributed by atoms with E-state index < -0.39 is 0 Å². The van der Waals surface area contributed by atoms with Crippen LogP contribution in [0.25, 0.3) is 0 Å². The SMILES string of the molecule is C=CC(=O)Nc1cccc(CCc2nc(Cc3ccc(N4CCN(CCNC(=O)CC5C6CC7CC(C6)CC5C7)CC4)cc3)ncc2Cl)c1. The molecule has 5 aliphatic rings. The van der Waals surface area contributed by atoms with Gasteiger partial charge in [0, 0.05) is 69.7 Å². The molecule has 258 valence electrons. The van der Waals surface area contributed by atoms with Crippen LogP contribution < -0.4 is 15.5 Å². The minimum atomic E-state index is -0.230. The van der Waals surface area contributed by atoms with Crippen molar-refractivity contribution < 1.29 is 9.59 Å². The molecule has 5 fully saturated rings. The minimum absolute atomic E-state index is 0.230. The average Bonchev–Trinajstić information content (AvgIpc) is 3.10. The molecule has 2 N–H and O–H groups in total. The molecule has 8 rings (SSSR count). The third-order valence-corrected chi connectivity index (χ3v) is 11.8. The second kappa shape index (κ2) is 15.4. The van der Waals surface area contributed by atoms with Crippen LogP contribution in [0.1, 0.15) is 61.2 Å². The lowest BCUT2D eigenvalue weighted by atomic mass is 9.51. The fraction of sp³-hybridized carbons (Fsp3) is 0.500. The van der Waals surface area contributed by atoms with Crippen LogP contribution in [0.2, 0.25) is 5.02 Å². The Bertz CT molecular complexity index is 1610. The molecule has 0 atom stereocenters. The lowest BCUT2D eigenvalue weighted by Crippen LogP contribution is -2.49. The molecule has 8 nitrogen and oxygen atoms in total. The number of amides is 2. The Balaban J connectivity index is 0.834.